The Bertz CT molecular complexity index is 3580. The third-order valence-electron chi connectivity index (χ3n) is 17.8. The van der Waals surface area contributed by atoms with E-state index in [1.807, 2.05) is 119 Å². The topological polar surface area (TPSA) is 229 Å². The van der Waals surface area contributed by atoms with E-state index in [1.165, 1.54) is 48.3 Å². The molecule has 3 aromatic carbocycles. The molecular weight excluding hydrogens is 1140 g/mol. The van der Waals surface area contributed by atoms with Crippen molar-refractivity contribution in [3.05, 3.63) is 130 Å². The van der Waals surface area contributed by atoms with Gasteiger partial charge in [0.2, 0.25) is 17.7 Å². The number of ether oxygens (including phenoxy) is 1. The molecule has 87 heavy (non-hydrogen) atoms. The number of aliphatic hydroxyl groups excluding tert-OH is 1. The van der Waals surface area contributed by atoms with Crippen LogP contribution in [-0.4, -0.2) is 139 Å². The van der Waals surface area contributed by atoms with Crippen molar-refractivity contribution >= 4 is 73.4 Å². The number of para-hydroxylation sites is 1. The number of hydrogen-bond acceptors (Lipinski definition) is 15. The molecule has 4 aliphatic rings. The van der Waals surface area contributed by atoms with Crippen molar-refractivity contribution in [2.75, 3.05) is 56.2 Å². The van der Waals surface area contributed by atoms with Crippen LogP contribution in [0.4, 0.5) is 10.9 Å². The Morgan fingerprint density at radius 2 is 1.63 bits per heavy atom. The number of aryl methyl sites for hydroxylation is 1. The van der Waals surface area contributed by atoms with E-state index in [0.717, 1.165) is 66.4 Å². The van der Waals surface area contributed by atoms with Gasteiger partial charge in [-0.1, -0.05) is 99.9 Å². The molecule has 2 saturated heterocycles. The predicted octanol–water partition coefficient (Wildman–Crippen LogP) is 9.27. The van der Waals surface area contributed by atoms with E-state index in [2.05, 4.69) is 58.7 Å². The molecule has 3 fully saturated rings. The average Bonchev–Trinajstić information content (AvgIpc) is 2.37. The average molecular weight is 1220 g/mol. The fourth-order valence-corrected chi connectivity index (χ4v) is 14.4. The highest BCUT2D eigenvalue weighted by Crippen LogP contribution is 2.35. The van der Waals surface area contributed by atoms with Gasteiger partial charge in [-0.05, 0) is 117 Å². The zero-order valence-electron chi connectivity index (χ0n) is 50.6. The van der Waals surface area contributed by atoms with Gasteiger partial charge in [-0.15, -0.1) is 11.3 Å². The minimum atomic E-state index is -0.988. The van der Waals surface area contributed by atoms with Crippen LogP contribution in [0, 0.1) is 25.2 Å². The third kappa shape index (κ3) is 14.3. The van der Waals surface area contributed by atoms with Crippen molar-refractivity contribution < 1.29 is 33.8 Å². The summed E-state index contributed by atoms with van der Waals surface area (Å²) >= 11 is 3.02. The summed E-state index contributed by atoms with van der Waals surface area (Å²) in [7, 11) is 0. The number of carbonyl (C=O) groups is 5. The van der Waals surface area contributed by atoms with E-state index in [1.54, 1.807) is 11.3 Å². The predicted molar refractivity (Wildman–Crippen MR) is 340 cm³/mol. The van der Waals surface area contributed by atoms with Gasteiger partial charge in [-0.25, -0.2) is 15.0 Å². The van der Waals surface area contributed by atoms with Crippen LogP contribution in [0.1, 0.15) is 134 Å². The van der Waals surface area contributed by atoms with E-state index in [4.69, 9.17) is 14.8 Å². The molecule has 0 bridgehead atoms. The Labute approximate surface area is 516 Å². The van der Waals surface area contributed by atoms with Crippen molar-refractivity contribution in [3.63, 3.8) is 0 Å². The Morgan fingerprint density at radius 3 is 2.38 bits per heavy atom. The Kier molecular flexibility index (Phi) is 18.9. The van der Waals surface area contributed by atoms with E-state index in [0.29, 0.717) is 80.1 Å². The number of fused-ring (bicyclic) bond motifs is 2. The van der Waals surface area contributed by atoms with E-state index < -0.39 is 35.4 Å². The molecule has 3 aliphatic heterocycles. The number of likely N-dealkylation sites (tertiary alicyclic amines) is 2. The molecule has 0 spiro atoms. The minimum absolute atomic E-state index is 0.0298. The molecular formula is C66H80N12O7S2. The Morgan fingerprint density at radius 1 is 0.851 bits per heavy atom. The van der Waals surface area contributed by atoms with Gasteiger partial charge in [0.25, 0.3) is 11.8 Å². The molecule has 4 aromatic heterocycles. The summed E-state index contributed by atoms with van der Waals surface area (Å²) in [5.74, 6) is -0.525. The lowest BCUT2D eigenvalue weighted by atomic mass is 9.85. The minimum Gasteiger partial charge on any atom is -0.391 e. The quantitative estimate of drug-likeness (QED) is 0.0476. The molecule has 0 unspecified atom stereocenters. The first-order valence-electron chi connectivity index (χ1n) is 30.7. The number of carbonyl (C=O) groups excluding carboxylic acids is 5. The molecule has 0 radical (unpaired) electrons. The highest BCUT2D eigenvalue weighted by atomic mass is 32.1. The van der Waals surface area contributed by atoms with Crippen LogP contribution < -0.4 is 26.2 Å². The lowest BCUT2D eigenvalue weighted by molar-refractivity contribution is -0.144. The molecule has 7 heterocycles. The lowest BCUT2D eigenvalue weighted by Crippen LogP contribution is -2.58. The van der Waals surface area contributed by atoms with Crippen LogP contribution in [0.3, 0.4) is 0 Å². The van der Waals surface area contributed by atoms with E-state index in [9.17, 15) is 29.1 Å². The first kappa shape index (κ1) is 61.2. The standard InChI is InChI=1S/C66H80N12O7S2/c1-40(44-19-21-46(22-20-44)59-41(2)67-39-86-59)69-62(82)54-33-48(79)36-77(54)64(84)60(66(4,5)6)73-57(80)38-85-32-31-75-28-26-47(27-29-75)70-63(83)58-49(51-34-68-78(42(51)3)35-43-13-8-7-9-14-43)23-24-56(72-58)76-30-25-45-15-12-16-50(52(45)37-76)61(81)74-65-71-53-17-10-11-18-55(53)87-65/h10-12,15-24,34,39-40,43,47-48,54,60,79H,7-9,13-14,25-33,35-38H2,1-6H3,(H,69,82)(H,70,83)(H,73,80)(H,71,74,81)/t40-,48+,54-,60+/m0/s1. The SMILES string of the molecule is Cc1ncsc1-c1ccc([C@H](C)NC(=O)[C@@H]2C[C@@H](O)CN2C(=O)[C@@H](NC(=O)COCCN2CCC(NC(=O)c3nc(N4CCc5cccc(C(=O)Nc6nc7ccccc7s6)c5C4)ccc3-c3cnn(CC4CCCCC4)c3C)CC2)C(C)(C)C)cc1. The smallest absolute Gasteiger partial charge is 0.270 e. The number of nitrogens with zero attached hydrogens (tertiary/aromatic N) is 8. The van der Waals surface area contributed by atoms with Crippen molar-refractivity contribution in [2.24, 2.45) is 11.3 Å². The monoisotopic (exact) mass is 1220 g/mol. The largest absolute Gasteiger partial charge is 0.391 e. The molecule has 1 aliphatic carbocycles. The van der Waals surface area contributed by atoms with Crippen LogP contribution in [-0.2, 0) is 38.6 Å². The molecule has 19 nitrogen and oxygen atoms in total. The summed E-state index contributed by atoms with van der Waals surface area (Å²) < 4.78 is 9.00. The van der Waals surface area contributed by atoms with Crippen LogP contribution in [0.5, 0.6) is 0 Å². The summed E-state index contributed by atoms with van der Waals surface area (Å²) in [6, 6.07) is 23.3. The first-order chi connectivity index (χ1) is 41.9. The lowest BCUT2D eigenvalue weighted by Gasteiger charge is -2.35. The van der Waals surface area contributed by atoms with Gasteiger partial charge in [0.1, 0.15) is 30.2 Å². The highest BCUT2D eigenvalue weighted by molar-refractivity contribution is 7.22. The second kappa shape index (κ2) is 26.9. The summed E-state index contributed by atoms with van der Waals surface area (Å²) in [6.45, 7) is 15.4. The number of pyridine rings is 1. The molecule has 1 saturated carbocycles. The van der Waals surface area contributed by atoms with Gasteiger partial charge < -0.3 is 40.5 Å². The van der Waals surface area contributed by atoms with Crippen molar-refractivity contribution in [2.45, 2.75) is 143 Å². The zero-order chi connectivity index (χ0) is 60.9. The number of β-amino-alcohol motifs (C(OH)–C–C–N with tert-alkyl or cyclic N) is 1. The number of benzene rings is 3. The normalized spacial score (nSPS) is 18.5. The molecule has 5 N–H and O–H groups in total. The number of hydrogen-bond donors (Lipinski definition) is 5. The summed E-state index contributed by atoms with van der Waals surface area (Å²) in [5.41, 5.74) is 10.4. The van der Waals surface area contributed by atoms with Crippen molar-refractivity contribution in [3.8, 4) is 21.6 Å². The van der Waals surface area contributed by atoms with Gasteiger partial charge in [0.15, 0.2) is 5.13 Å². The second-order valence-corrected chi connectivity index (χ2v) is 26.9. The molecule has 7 aromatic rings. The number of thiazole rings is 2. The fraction of sp³-hybridized carbons (Fsp3) is 0.470. The van der Waals surface area contributed by atoms with Crippen molar-refractivity contribution in [1.82, 2.24) is 50.5 Å². The zero-order valence-corrected chi connectivity index (χ0v) is 52.3. The molecule has 21 heteroatoms. The van der Waals surface area contributed by atoms with Crippen molar-refractivity contribution in [1.29, 1.82) is 0 Å². The van der Waals surface area contributed by atoms with E-state index in [-0.39, 0.29) is 56.0 Å². The van der Waals surface area contributed by atoms with Crippen LogP contribution in [0.2, 0.25) is 0 Å². The maximum absolute atomic E-state index is 14.8. The maximum Gasteiger partial charge on any atom is 0.270 e. The fourth-order valence-electron chi connectivity index (χ4n) is 12.7. The van der Waals surface area contributed by atoms with Crippen LogP contribution in [0.25, 0.3) is 31.8 Å². The number of aliphatic hydroxyl groups is 1. The molecule has 11 rings (SSSR count). The number of piperidine rings is 1. The molecule has 458 valence electrons. The van der Waals surface area contributed by atoms with Gasteiger partial charge in [-0.2, -0.15) is 5.10 Å². The number of rotatable bonds is 19. The van der Waals surface area contributed by atoms with Gasteiger partial charge in [0, 0.05) is 80.7 Å². The maximum atomic E-state index is 14.8. The Hall–Kier alpha value is -7.43. The Balaban J connectivity index is 0.691. The second-order valence-electron chi connectivity index (χ2n) is 25.0. The van der Waals surface area contributed by atoms with E-state index >= 15 is 0 Å². The summed E-state index contributed by atoms with van der Waals surface area (Å²) in [5, 5.41) is 28.5. The summed E-state index contributed by atoms with van der Waals surface area (Å²) in [6.07, 6.45) is 9.30. The number of nitrogens with one attached hydrogen (secondary N) is 4. The summed E-state index contributed by atoms with van der Waals surface area (Å²) in [4.78, 5) is 91.4. The van der Waals surface area contributed by atoms with Gasteiger partial charge in [0.05, 0.1) is 51.2 Å². The van der Waals surface area contributed by atoms with Gasteiger partial charge in [-0.3, -0.25) is 34.0 Å². The molecule has 5 amide bonds. The van der Waals surface area contributed by atoms with Crippen LogP contribution in [0.15, 0.2) is 90.6 Å². The third-order valence-corrected chi connectivity index (χ3v) is 19.7. The van der Waals surface area contributed by atoms with Crippen LogP contribution >= 0.6 is 22.7 Å². The highest BCUT2D eigenvalue weighted by Gasteiger charge is 2.45. The number of aromatic nitrogens is 5. The van der Waals surface area contributed by atoms with Gasteiger partial charge >= 0.3 is 0 Å². The number of anilines is 2. The first-order valence-corrected chi connectivity index (χ1v) is 32.4. The number of amides is 5. The molecule has 4 atom stereocenters.